The van der Waals surface area contributed by atoms with Gasteiger partial charge in [-0.3, -0.25) is 14.5 Å². The Balaban J connectivity index is 1.58. The molecule has 2 amide bonds. The zero-order chi connectivity index (χ0) is 23.4. The van der Waals surface area contributed by atoms with E-state index in [0.717, 1.165) is 16.8 Å². The Morgan fingerprint density at radius 1 is 1.09 bits per heavy atom. The number of carbonyl (C=O) groups excluding carboxylic acids is 2. The molecule has 172 valence electrons. The van der Waals surface area contributed by atoms with Crippen LogP contribution in [0.4, 0.5) is 5.69 Å². The first-order chi connectivity index (χ1) is 15.9. The van der Waals surface area contributed by atoms with Crippen LogP contribution in [0.3, 0.4) is 0 Å². The van der Waals surface area contributed by atoms with E-state index >= 15 is 0 Å². The van der Waals surface area contributed by atoms with Crippen molar-refractivity contribution in [2.75, 3.05) is 37.0 Å². The lowest BCUT2D eigenvalue weighted by atomic mass is 10.0. The Labute approximate surface area is 199 Å². The van der Waals surface area contributed by atoms with Crippen LogP contribution in [0.25, 0.3) is 6.08 Å². The molecule has 2 aliphatic rings. The van der Waals surface area contributed by atoms with Crippen LogP contribution in [0.1, 0.15) is 36.5 Å². The molecule has 0 aliphatic carbocycles. The molecule has 0 unspecified atom stereocenters. The number of aliphatic imine (C=N–C) groups is 1. The summed E-state index contributed by atoms with van der Waals surface area (Å²) in [4.78, 5) is 34.1. The standard InChI is InChI=1S/C26H29N3O3S/c1-18(2)21-8-6-20(7-9-21)16-23-25(31)29(22-10-4-19(3)5-11-22)26(27-23)33-17-24(30)28-12-14-32-15-13-28/h4-11,16,18H,12-15,17H2,1-3H3. The topological polar surface area (TPSA) is 62.2 Å². The summed E-state index contributed by atoms with van der Waals surface area (Å²) in [5, 5.41) is 0.524. The molecule has 2 aliphatic heterocycles. The van der Waals surface area contributed by atoms with Crippen LogP contribution in [-0.2, 0) is 14.3 Å². The van der Waals surface area contributed by atoms with Crippen molar-refractivity contribution in [3.05, 3.63) is 70.9 Å². The Morgan fingerprint density at radius 3 is 2.39 bits per heavy atom. The quantitative estimate of drug-likeness (QED) is 0.615. The number of aryl methyl sites for hydroxylation is 1. The highest BCUT2D eigenvalue weighted by Crippen LogP contribution is 2.30. The number of morpholine rings is 1. The average molecular weight is 464 g/mol. The van der Waals surface area contributed by atoms with Gasteiger partial charge in [-0.25, -0.2) is 4.99 Å². The second-order valence-corrected chi connectivity index (χ2v) is 9.45. The number of carbonyl (C=O) groups is 2. The van der Waals surface area contributed by atoms with Gasteiger partial charge in [0.25, 0.3) is 5.91 Å². The third-order valence-corrected chi connectivity index (χ3v) is 6.64. The normalized spacial score (nSPS) is 17.8. The van der Waals surface area contributed by atoms with Crippen LogP contribution in [0, 0.1) is 6.92 Å². The van der Waals surface area contributed by atoms with Crippen LogP contribution in [0.5, 0.6) is 0 Å². The van der Waals surface area contributed by atoms with Crippen LogP contribution in [0.2, 0.25) is 0 Å². The first-order valence-corrected chi connectivity index (χ1v) is 12.2. The molecule has 0 N–H and O–H groups in total. The van der Waals surface area contributed by atoms with E-state index in [1.807, 2.05) is 49.4 Å². The minimum Gasteiger partial charge on any atom is -0.378 e. The van der Waals surface area contributed by atoms with Crippen molar-refractivity contribution in [3.8, 4) is 0 Å². The molecule has 0 bridgehead atoms. The summed E-state index contributed by atoms with van der Waals surface area (Å²) in [5.41, 5.74) is 4.40. The zero-order valence-electron chi connectivity index (χ0n) is 19.3. The number of hydrogen-bond acceptors (Lipinski definition) is 5. The van der Waals surface area contributed by atoms with Crippen molar-refractivity contribution in [1.29, 1.82) is 0 Å². The van der Waals surface area contributed by atoms with Gasteiger partial charge in [0.1, 0.15) is 5.70 Å². The maximum Gasteiger partial charge on any atom is 0.283 e. The maximum atomic E-state index is 13.3. The molecule has 0 radical (unpaired) electrons. The van der Waals surface area contributed by atoms with Crippen LogP contribution < -0.4 is 4.90 Å². The molecule has 2 aromatic rings. The Morgan fingerprint density at radius 2 is 1.76 bits per heavy atom. The molecule has 33 heavy (non-hydrogen) atoms. The Bertz CT molecular complexity index is 1070. The van der Waals surface area contributed by atoms with Gasteiger partial charge < -0.3 is 9.64 Å². The van der Waals surface area contributed by atoms with E-state index in [4.69, 9.17) is 4.74 Å². The number of amides is 2. The van der Waals surface area contributed by atoms with Crippen LogP contribution >= 0.6 is 11.8 Å². The van der Waals surface area contributed by atoms with E-state index in [-0.39, 0.29) is 17.6 Å². The van der Waals surface area contributed by atoms with Crippen molar-refractivity contribution in [1.82, 2.24) is 4.90 Å². The third kappa shape index (κ3) is 5.54. The van der Waals surface area contributed by atoms with Gasteiger partial charge in [0.05, 0.1) is 24.7 Å². The Kier molecular flexibility index (Phi) is 7.30. The largest absolute Gasteiger partial charge is 0.378 e. The molecule has 4 rings (SSSR count). The highest BCUT2D eigenvalue weighted by molar-refractivity contribution is 8.14. The smallest absolute Gasteiger partial charge is 0.283 e. The fourth-order valence-corrected chi connectivity index (χ4v) is 4.60. The predicted molar refractivity (Wildman–Crippen MR) is 134 cm³/mol. The summed E-state index contributed by atoms with van der Waals surface area (Å²) < 4.78 is 5.33. The van der Waals surface area contributed by atoms with Crippen molar-refractivity contribution in [3.63, 3.8) is 0 Å². The number of benzene rings is 2. The second kappa shape index (κ2) is 10.4. The van der Waals surface area contributed by atoms with Crippen molar-refractivity contribution >= 4 is 40.5 Å². The highest BCUT2D eigenvalue weighted by Gasteiger charge is 2.32. The highest BCUT2D eigenvalue weighted by atomic mass is 32.2. The number of anilines is 1. The molecule has 2 heterocycles. The minimum absolute atomic E-state index is 0.0315. The lowest BCUT2D eigenvalue weighted by Gasteiger charge is -2.27. The fourth-order valence-electron chi connectivity index (χ4n) is 3.68. The number of hydrogen-bond donors (Lipinski definition) is 0. The lowest BCUT2D eigenvalue weighted by molar-refractivity contribution is -0.132. The number of ether oxygens (including phenoxy) is 1. The van der Waals surface area contributed by atoms with Gasteiger partial charge in [0, 0.05) is 13.1 Å². The monoisotopic (exact) mass is 463 g/mol. The number of nitrogens with zero attached hydrogens (tertiary/aromatic N) is 3. The van der Waals surface area contributed by atoms with E-state index in [2.05, 4.69) is 31.0 Å². The van der Waals surface area contributed by atoms with Crippen molar-refractivity contribution in [2.24, 2.45) is 4.99 Å². The summed E-state index contributed by atoms with van der Waals surface area (Å²) in [6, 6.07) is 15.9. The molecular formula is C26H29N3O3S. The van der Waals surface area contributed by atoms with Gasteiger partial charge in [-0.1, -0.05) is 67.6 Å². The third-order valence-electron chi connectivity index (χ3n) is 5.72. The van der Waals surface area contributed by atoms with Crippen molar-refractivity contribution in [2.45, 2.75) is 26.7 Å². The van der Waals surface area contributed by atoms with E-state index < -0.39 is 0 Å². The summed E-state index contributed by atoms with van der Waals surface area (Å²) in [6.45, 7) is 8.64. The van der Waals surface area contributed by atoms with E-state index in [1.54, 1.807) is 9.80 Å². The van der Waals surface area contributed by atoms with Gasteiger partial charge in [-0.2, -0.15) is 0 Å². The molecular weight excluding hydrogens is 434 g/mol. The summed E-state index contributed by atoms with van der Waals surface area (Å²) in [6.07, 6.45) is 1.81. The van der Waals surface area contributed by atoms with E-state index in [1.165, 1.54) is 17.3 Å². The van der Waals surface area contributed by atoms with Gasteiger partial charge >= 0.3 is 0 Å². The Hall–Kier alpha value is -2.90. The van der Waals surface area contributed by atoms with Crippen molar-refractivity contribution < 1.29 is 14.3 Å². The van der Waals surface area contributed by atoms with Gasteiger partial charge in [-0.05, 0) is 42.2 Å². The molecule has 2 aromatic carbocycles. The summed E-state index contributed by atoms with van der Waals surface area (Å²) in [7, 11) is 0. The molecule has 1 saturated heterocycles. The second-order valence-electron chi connectivity index (χ2n) is 8.50. The number of thioether (sulfide) groups is 1. The fraction of sp³-hybridized carbons (Fsp3) is 0.346. The van der Waals surface area contributed by atoms with E-state index in [0.29, 0.717) is 43.1 Å². The first-order valence-electron chi connectivity index (χ1n) is 11.2. The predicted octanol–water partition coefficient (Wildman–Crippen LogP) is 4.45. The molecule has 0 saturated carbocycles. The molecule has 6 nitrogen and oxygen atoms in total. The lowest BCUT2D eigenvalue weighted by Crippen LogP contribution is -2.42. The van der Waals surface area contributed by atoms with E-state index in [9.17, 15) is 9.59 Å². The van der Waals surface area contributed by atoms with Crippen LogP contribution in [0.15, 0.2) is 59.2 Å². The van der Waals surface area contributed by atoms with Gasteiger partial charge in [0.2, 0.25) is 5.91 Å². The van der Waals surface area contributed by atoms with Crippen LogP contribution in [-0.4, -0.2) is 53.9 Å². The molecule has 0 atom stereocenters. The zero-order valence-corrected chi connectivity index (χ0v) is 20.1. The summed E-state index contributed by atoms with van der Waals surface area (Å²) >= 11 is 1.30. The number of rotatable bonds is 5. The average Bonchev–Trinajstić information content (AvgIpc) is 3.13. The van der Waals surface area contributed by atoms with Gasteiger partial charge in [-0.15, -0.1) is 0 Å². The number of amidine groups is 1. The molecule has 1 fully saturated rings. The first kappa shape index (κ1) is 23.3. The summed E-state index contributed by atoms with van der Waals surface area (Å²) in [5.74, 6) is 0.518. The SMILES string of the molecule is Cc1ccc(N2C(=O)C(=Cc3ccc(C(C)C)cc3)N=C2SCC(=O)N2CCOCC2)cc1. The molecule has 0 spiro atoms. The molecule has 0 aromatic heterocycles. The maximum absolute atomic E-state index is 13.3. The minimum atomic E-state index is -0.187. The van der Waals surface area contributed by atoms with Gasteiger partial charge in [0.15, 0.2) is 5.17 Å². The molecule has 7 heteroatoms.